The van der Waals surface area contributed by atoms with Crippen molar-refractivity contribution >= 4 is 29.0 Å². The molecular formula is C20H21ClN2O5. The first-order valence-corrected chi connectivity index (χ1v) is 9.11. The molecule has 0 radical (unpaired) electrons. The lowest BCUT2D eigenvalue weighted by Crippen LogP contribution is -2.33. The van der Waals surface area contributed by atoms with Crippen LogP contribution in [-0.4, -0.2) is 50.1 Å². The van der Waals surface area contributed by atoms with Crippen molar-refractivity contribution < 1.29 is 23.8 Å². The number of ether oxygens (including phenoxy) is 3. The Labute approximate surface area is 168 Å². The summed E-state index contributed by atoms with van der Waals surface area (Å²) in [5.41, 5.74) is 0.791. The normalized spacial score (nSPS) is 12.1. The number of fused-ring (bicyclic) bond motifs is 1. The second-order valence-electron chi connectivity index (χ2n) is 6.40. The second-order valence-corrected chi connectivity index (χ2v) is 6.83. The summed E-state index contributed by atoms with van der Waals surface area (Å²) in [4.78, 5) is 26.1. The molecule has 1 aliphatic heterocycles. The van der Waals surface area contributed by atoms with Crippen LogP contribution in [0.3, 0.4) is 0 Å². The predicted molar refractivity (Wildman–Crippen MR) is 106 cm³/mol. The Morgan fingerprint density at radius 1 is 1.18 bits per heavy atom. The fourth-order valence-electron chi connectivity index (χ4n) is 2.70. The lowest BCUT2D eigenvalue weighted by atomic mass is 10.1. The van der Waals surface area contributed by atoms with E-state index in [4.69, 9.17) is 25.8 Å². The lowest BCUT2D eigenvalue weighted by Gasteiger charge is -2.17. The predicted octanol–water partition coefficient (Wildman–Crippen LogP) is 3.22. The van der Waals surface area contributed by atoms with Crippen LogP contribution >= 0.6 is 11.6 Å². The first-order chi connectivity index (χ1) is 13.4. The Hall–Kier alpha value is -2.77. The van der Waals surface area contributed by atoms with Crippen LogP contribution in [-0.2, 0) is 4.79 Å². The summed E-state index contributed by atoms with van der Waals surface area (Å²) in [5.74, 6) is 1.31. The molecule has 0 spiro atoms. The monoisotopic (exact) mass is 404 g/mol. The highest BCUT2D eigenvalue weighted by Gasteiger charge is 2.20. The number of hydrogen-bond acceptors (Lipinski definition) is 6. The average molecular weight is 405 g/mol. The molecule has 3 rings (SSSR count). The van der Waals surface area contributed by atoms with Gasteiger partial charge in [0, 0.05) is 23.2 Å². The number of carbonyl (C=O) groups is 2. The molecule has 0 bridgehead atoms. The molecule has 0 atom stereocenters. The standard InChI is InChI=1S/C20H21ClN2O5/c1-13(24)16-9-18-19(28-12-27-18)10-17(16)22-20(25)11-23(2)7-8-26-15-5-3-14(21)4-6-15/h3-6,9-10H,7-8,11-12H2,1-2H3,(H,22,25). The summed E-state index contributed by atoms with van der Waals surface area (Å²) in [6.45, 7) is 2.66. The summed E-state index contributed by atoms with van der Waals surface area (Å²) in [7, 11) is 1.82. The number of likely N-dealkylation sites (N-methyl/N-ethyl adjacent to an activating group) is 1. The summed E-state index contributed by atoms with van der Waals surface area (Å²) in [5, 5.41) is 3.42. The number of amides is 1. The van der Waals surface area contributed by atoms with Crippen LogP contribution in [0.1, 0.15) is 17.3 Å². The van der Waals surface area contributed by atoms with Crippen LogP contribution in [0, 0.1) is 0 Å². The molecule has 0 fully saturated rings. The quantitative estimate of drug-likeness (QED) is 0.681. The first-order valence-electron chi connectivity index (χ1n) is 8.73. The molecule has 1 heterocycles. The smallest absolute Gasteiger partial charge is 0.238 e. The van der Waals surface area contributed by atoms with E-state index in [1.165, 1.54) is 6.92 Å². The van der Waals surface area contributed by atoms with E-state index in [9.17, 15) is 9.59 Å². The highest BCUT2D eigenvalue weighted by atomic mass is 35.5. The minimum absolute atomic E-state index is 0.0977. The van der Waals surface area contributed by atoms with Gasteiger partial charge in [0.05, 0.1) is 12.2 Å². The summed E-state index contributed by atoms with van der Waals surface area (Å²) in [6.07, 6.45) is 0. The van der Waals surface area contributed by atoms with Gasteiger partial charge in [0.2, 0.25) is 12.7 Å². The Morgan fingerprint density at radius 2 is 1.86 bits per heavy atom. The fraction of sp³-hybridized carbons (Fsp3) is 0.300. The molecule has 0 saturated heterocycles. The third-order valence-corrected chi connectivity index (χ3v) is 4.39. The summed E-state index contributed by atoms with van der Waals surface area (Å²) in [6, 6.07) is 10.3. The summed E-state index contributed by atoms with van der Waals surface area (Å²) >= 11 is 5.84. The van der Waals surface area contributed by atoms with Crippen molar-refractivity contribution in [2.45, 2.75) is 6.92 Å². The number of halogens is 1. The molecule has 7 nitrogen and oxygen atoms in total. The van der Waals surface area contributed by atoms with Crippen LogP contribution in [0.2, 0.25) is 5.02 Å². The number of carbonyl (C=O) groups excluding carboxylic acids is 2. The molecular weight excluding hydrogens is 384 g/mol. The molecule has 0 saturated carbocycles. The number of hydrogen-bond donors (Lipinski definition) is 1. The third kappa shape index (κ3) is 5.15. The average Bonchev–Trinajstić information content (AvgIpc) is 3.09. The number of ketones is 1. The minimum Gasteiger partial charge on any atom is -0.492 e. The van der Waals surface area contributed by atoms with Crippen molar-refractivity contribution in [3.8, 4) is 17.2 Å². The van der Waals surface area contributed by atoms with Crippen molar-refractivity contribution in [1.29, 1.82) is 0 Å². The maximum absolute atomic E-state index is 12.4. The van der Waals surface area contributed by atoms with Gasteiger partial charge in [-0.15, -0.1) is 0 Å². The molecule has 2 aromatic carbocycles. The van der Waals surface area contributed by atoms with Gasteiger partial charge in [0.1, 0.15) is 12.4 Å². The zero-order chi connectivity index (χ0) is 20.1. The molecule has 148 valence electrons. The van der Waals surface area contributed by atoms with Crippen molar-refractivity contribution in [2.24, 2.45) is 0 Å². The highest BCUT2D eigenvalue weighted by molar-refractivity contribution is 6.30. The van der Waals surface area contributed by atoms with Crippen molar-refractivity contribution in [1.82, 2.24) is 4.90 Å². The molecule has 1 N–H and O–H groups in total. The molecule has 0 aromatic heterocycles. The van der Waals surface area contributed by atoms with E-state index in [0.29, 0.717) is 46.7 Å². The maximum atomic E-state index is 12.4. The minimum atomic E-state index is -0.240. The SMILES string of the molecule is CC(=O)c1cc2c(cc1NC(=O)CN(C)CCOc1ccc(Cl)cc1)OCO2. The van der Waals surface area contributed by atoms with Gasteiger partial charge in [-0.3, -0.25) is 14.5 Å². The first kappa shape index (κ1) is 20.0. The number of anilines is 1. The maximum Gasteiger partial charge on any atom is 0.238 e. The van der Waals surface area contributed by atoms with Crippen LogP contribution in [0.4, 0.5) is 5.69 Å². The van der Waals surface area contributed by atoms with E-state index < -0.39 is 0 Å². The summed E-state index contributed by atoms with van der Waals surface area (Å²) < 4.78 is 16.2. The number of benzene rings is 2. The number of nitrogens with one attached hydrogen (secondary N) is 1. The molecule has 28 heavy (non-hydrogen) atoms. The zero-order valence-electron chi connectivity index (χ0n) is 15.7. The Bertz CT molecular complexity index is 870. The molecule has 0 unspecified atom stereocenters. The van der Waals surface area contributed by atoms with Gasteiger partial charge in [0.25, 0.3) is 0 Å². The Balaban J connectivity index is 1.52. The topological polar surface area (TPSA) is 77.1 Å². The number of Topliss-reactive ketones (excluding diaryl/α,β-unsaturated/α-hetero) is 1. The second kappa shape index (κ2) is 8.95. The molecule has 8 heteroatoms. The van der Waals surface area contributed by atoms with E-state index in [0.717, 1.165) is 0 Å². The van der Waals surface area contributed by atoms with Gasteiger partial charge in [-0.25, -0.2) is 0 Å². The number of nitrogens with zero attached hydrogens (tertiary/aromatic N) is 1. The van der Waals surface area contributed by atoms with Crippen molar-refractivity contribution in [3.05, 3.63) is 47.0 Å². The Morgan fingerprint density at radius 3 is 2.54 bits per heavy atom. The number of rotatable bonds is 8. The highest BCUT2D eigenvalue weighted by Crippen LogP contribution is 2.37. The van der Waals surface area contributed by atoms with E-state index in [-0.39, 0.29) is 25.0 Å². The lowest BCUT2D eigenvalue weighted by molar-refractivity contribution is -0.117. The Kier molecular flexibility index (Phi) is 6.38. The third-order valence-electron chi connectivity index (χ3n) is 4.14. The van der Waals surface area contributed by atoms with Gasteiger partial charge >= 0.3 is 0 Å². The largest absolute Gasteiger partial charge is 0.492 e. The molecule has 1 amide bonds. The van der Waals surface area contributed by atoms with Crippen LogP contribution in [0.15, 0.2) is 36.4 Å². The van der Waals surface area contributed by atoms with Gasteiger partial charge in [0.15, 0.2) is 17.3 Å². The van der Waals surface area contributed by atoms with E-state index >= 15 is 0 Å². The fourth-order valence-corrected chi connectivity index (χ4v) is 2.83. The van der Waals surface area contributed by atoms with Gasteiger partial charge < -0.3 is 19.5 Å². The van der Waals surface area contributed by atoms with Crippen molar-refractivity contribution in [3.63, 3.8) is 0 Å². The van der Waals surface area contributed by atoms with E-state index in [1.807, 2.05) is 11.9 Å². The zero-order valence-corrected chi connectivity index (χ0v) is 16.4. The van der Waals surface area contributed by atoms with Gasteiger partial charge in [-0.05, 0) is 44.3 Å². The van der Waals surface area contributed by atoms with E-state index in [2.05, 4.69) is 5.32 Å². The van der Waals surface area contributed by atoms with E-state index in [1.54, 1.807) is 36.4 Å². The molecule has 2 aromatic rings. The molecule has 1 aliphatic rings. The van der Waals surface area contributed by atoms with Crippen molar-refractivity contribution in [2.75, 3.05) is 38.9 Å². The van der Waals surface area contributed by atoms with Crippen LogP contribution < -0.4 is 19.5 Å². The van der Waals surface area contributed by atoms with Gasteiger partial charge in [-0.2, -0.15) is 0 Å². The van der Waals surface area contributed by atoms with Gasteiger partial charge in [-0.1, -0.05) is 11.6 Å². The van der Waals surface area contributed by atoms with Crippen LogP contribution in [0.25, 0.3) is 0 Å². The van der Waals surface area contributed by atoms with Crippen LogP contribution in [0.5, 0.6) is 17.2 Å². The molecule has 0 aliphatic carbocycles.